The largest absolute Gasteiger partial charge is 0.490 e. The van der Waals surface area contributed by atoms with Crippen LogP contribution in [0.5, 0.6) is 5.75 Å². The average Bonchev–Trinajstić information content (AvgIpc) is 2.82. The molecule has 0 bridgehead atoms. The first kappa shape index (κ1) is 13.3. The molecule has 4 heteroatoms. The van der Waals surface area contributed by atoms with Crippen LogP contribution in [0.4, 0.5) is 0 Å². The molecule has 98 valence electrons. The van der Waals surface area contributed by atoms with Crippen molar-refractivity contribution in [2.24, 2.45) is 5.92 Å². The quantitative estimate of drug-likeness (QED) is 0.890. The summed E-state index contributed by atoms with van der Waals surface area (Å²) in [7, 11) is 0. The van der Waals surface area contributed by atoms with Gasteiger partial charge in [0.25, 0.3) is 0 Å². The topological polar surface area (TPSA) is 46.5 Å². The predicted octanol–water partition coefficient (Wildman–Crippen LogP) is 2.83. The lowest BCUT2D eigenvalue weighted by molar-refractivity contribution is -0.141. The molecule has 0 saturated carbocycles. The molecule has 0 amide bonds. The van der Waals surface area contributed by atoms with E-state index >= 15 is 0 Å². The highest BCUT2D eigenvalue weighted by molar-refractivity contribution is 7.99. The Morgan fingerprint density at radius 1 is 1.61 bits per heavy atom. The summed E-state index contributed by atoms with van der Waals surface area (Å²) in [5, 5.41) is 8.91. The van der Waals surface area contributed by atoms with Gasteiger partial charge in [-0.1, -0.05) is 19.1 Å². The molecule has 0 aromatic heterocycles. The smallest absolute Gasteiger partial charge is 0.306 e. The van der Waals surface area contributed by atoms with E-state index in [-0.39, 0.29) is 5.92 Å². The summed E-state index contributed by atoms with van der Waals surface area (Å²) in [4.78, 5) is 10.8. The van der Waals surface area contributed by atoms with Crippen molar-refractivity contribution in [1.29, 1.82) is 0 Å². The molecule has 18 heavy (non-hydrogen) atoms. The van der Waals surface area contributed by atoms with Gasteiger partial charge in [-0.05, 0) is 36.3 Å². The lowest BCUT2D eigenvalue weighted by Gasteiger charge is -2.14. The van der Waals surface area contributed by atoms with Gasteiger partial charge in [0.05, 0.1) is 5.92 Å². The normalized spacial score (nSPS) is 20.6. The molecule has 0 radical (unpaired) electrons. The van der Waals surface area contributed by atoms with Gasteiger partial charge in [-0.2, -0.15) is 11.8 Å². The van der Waals surface area contributed by atoms with Gasteiger partial charge in [0.1, 0.15) is 11.9 Å². The summed E-state index contributed by atoms with van der Waals surface area (Å²) in [6, 6.07) is 7.79. The zero-order chi connectivity index (χ0) is 13.0. The van der Waals surface area contributed by atoms with E-state index in [1.165, 1.54) is 5.75 Å². The van der Waals surface area contributed by atoms with Crippen LogP contribution in [-0.4, -0.2) is 28.7 Å². The van der Waals surface area contributed by atoms with E-state index in [0.29, 0.717) is 12.5 Å². The van der Waals surface area contributed by atoms with Crippen molar-refractivity contribution in [2.45, 2.75) is 25.9 Å². The molecule has 1 aliphatic heterocycles. The molecular formula is C14H18O3S. The lowest BCUT2D eigenvalue weighted by Crippen LogP contribution is -2.15. The summed E-state index contributed by atoms with van der Waals surface area (Å²) < 4.78 is 5.89. The van der Waals surface area contributed by atoms with Crippen LogP contribution in [0.15, 0.2) is 24.3 Å². The number of carbonyl (C=O) groups is 1. The fourth-order valence-corrected chi connectivity index (χ4v) is 3.08. The van der Waals surface area contributed by atoms with Crippen molar-refractivity contribution >= 4 is 17.7 Å². The molecule has 1 saturated heterocycles. The second-order valence-corrected chi connectivity index (χ2v) is 5.84. The van der Waals surface area contributed by atoms with Gasteiger partial charge in [0.15, 0.2) is 0 Å². The number of thioether (sulfide) groups is 1. The third kappa shape index (κ3) is 3.67. The van der Waals surface area contributed by atoms with Gasteiger partial charge in [0.2, 0.25) is 0 Å². The van der Waals surface area contributed by atoms with Crippen LogP contribution in [0.1, 0.15) is 18.9 Å². The minimum absolute atomic E-state index is 0.308. The Labute approximate surface area is 112 Å². The second-order valence-electron chi connectivity index (χ2n) is 4.69. The summed E-state index contributed by atoms with van der Waals surface area (Å²) in [6.07, 6.45) is 1.95. The Hall–Kier alpha value is -1.16. The zero-order valence-corrected chi connectivity index (χ0v) is 11.3. The van der Waals surface area contributed by atoms with Gasteiger partial charge in [-0.3, -0.25) is 4.79 Å². The molecule has 0 aliphatic carbocycles. The van der Waals surface area contributed by atoms with E-state index < -0.39 is 5.97 Å². The third-order valence-corrected chi connectivity index (χ3v) is 4.18. The van der Waals surface area contributed by atoms with Crippen molar-refractivity contribution in [2.75, 3.05) is 11.5 Å². The fraction of sp³-hybridized carbons (Fsp3) is 0.500. The highest BCUT2D eigenvalue weighted by Crippen LogP contribution is 2.24. The molecule has 1 heterocycles. The van der Waals surface area contributed by atoms with Crippen molar-refractivity contribution in [3.05, 3.63) is 29.8 Å². The van der Waals surface area contributed by atoms with Crippen LogP contribution < -0.4 is 4.74 Å². The monoisotopic (exact) mass is 266 g/mol. The molecule has 2 atom stereocenters. The molecule has 1 N–H and O–H groups in total. The number of carboxylic acids is 1. The first-order valence-electron chi connectivity index (χ1n) is 6.21. The summed E-state index contributed by atoms with van der Waals surface area (Å²) in [5.41, 5.74) is 1.02. The fourth-order valence-electron chi connectivity index (χ4n) is 1.98. The van der Waals surface area contributed by atoms with E-state index in [2.05, 4.69) is 0 Å². The first-order valence-corrected chi connectivity index (χ1v) is 7.37. The first-order chi connectivity index (χ1) is 8.65. The number of hydrogen-bond donors (Lipinski definition) is 1. The van der Waals surface area contributed by atoms with Gasteiger partial charge in [0, 0.05) is 5.75 Å². The number of benzene rings is 1. The maximum atomic E-state index is 10.8. The highest BCUT2D eigenvalue weighted by atomic mass is 32.2. The number of carboxylic acid groups (broad SMARTS) is 1. The van der Waals surface area contributed by atoms with Gasteiger partial charge < -0.3 is 9.84 Å². The van der Waals surface area contributed by atoms with Crippen LogP contribution in [-0.2, 0) is 11.2 Å². The Morgan fingerprint density at radius 3 is 3.11 bits per heavy atom. The van der Waals surface area contributed by atoms with Crippen molar-refractivity contribution in [3.63, 3.8) is 0 Å². The molecule has 3 nitrogen and oxygen atoms in total. The Kier molecular flexibility index (Phi) is 4.53. The van der Waals surface area contributed by atoms with Crippen molar-refractivity contribution in [1.82, 2.24) is 0 Å². The minimum atomic E-state index is -0.756. The van der Waals surface area contributed by atoms with Crippen LogP contribution in [0, 0.1) is 5.92 Å². The van der Waals surface area contributed by atoms with Crippen LogP contribution in [0.2, 0.25) is 0 Å². The van der Waals surface area contributed by atoms with Gasteiger partial charge in [-0.15, -0.1) is 0 Å². The lowest BCUT2D eigenvalue weighted by atomic mass is 10.0. The molecular weight excluding hydrogens is 248 g/mol. The number of ether oxygens (including phenoxy) is 1. The third-order valence-electron chi connectivity index (χ3n) is 3.05. The summed E-state index contributed by atoms with van der Waals surface area (Å²) >= 11 is 1.92. The zero-order valence-electron chi connectivity index (χ0n) is 10.5. The van der Waals surface area contributed by atoms with E-state index in [1.54, 1.807) is 6.92 Å². The van der Waals surface area contributed by atoms with E-state index in [4.69, 9.17) is 9.84 Å². The van der Waals surface area contributed by atoms with Crippen LogP contribution in [0.3, 0.4) is 0 Å². The molecule has 1 aromatic carbocycles. The maximum Gasteiger partial charge on any atom is 0.306 e. The van der Waals surface area contributed by atoms with Crippen LogP contribution in [0.25, 0.3) is 0 Å². The maximum absolute atomic E-state index is 10.8. The standard InChI is InChI=1S/C14H18O3S/c1-10(14(15)16)7-11-3-2-4-12(8-11)17-13-5-6-18-9-13/h2-4,8,10,13H,5-7,9H2,1H3,(H,15,16). The molecule has 1 aromatic rings. The Balaban J connectivity index is 1.98. The summed E-state index contributed by atoms with van der Waals surface area (Å²) in [6.45, 7) is 1.73. The summed E-state index contributed by atoms with van der Waals surface area (Å²) in [5.74, 6) is 1.96. The number of rotatable bonds is 5. The molecule has 2 unspecified atom stereocenters. The molecule has 2 rings (SSSR count). The van der Waals surface area contributed by atoms with E-state index in [1.807, 2.05) is 36.0 Å². The van der Waals surface area contributed by atoms with Gasteiger partial charge in [-0.25, -0.2) is 0 Å². The molecule has 0 spiro atoms. The predicted molar refractivity (Wildman–Crippen MR) is 73.3 cm³/mol. The average molecular weight is 266 g/mol. The minimum Gasteiger partial charge on any atom is -0.490 e. The van der Waals surface area contributed by atoms with Crippen molar-refractivity contribution < 1.29 is 14.6 Å². The molecule has 1 aliphatic rings. The van der Waals surface area contributed by atoms with Crippen LogP contribution >= 0.6 is 11.8 Å². The van der Waals surface area contributed by atoms with Crippen molar-refractivity contribution in [3.8, 4) is 5.75 Å². The highest BCUT2D eigenvalue weighted by Gasteiger charge is 2.17. The number of aliphatic carboxylic acids is 1. The Bertz CT molecular complexity index is 413. The SMILES string of the molecule is CC(Cc1cccc(OC2CCSC2)c1)C(=O)O. The van der Waals surface area contributed by atoms with E-state index in [9.17, 15) is 4.79 Å². The molecule has 1 fully saturated rings. The van der Waals surface area contributed by atoms with E-state index in [0.717, 1.165) is 23.5 Å². The Morgan fingerprint density at radius 2 is 2.44 bits per heavy atom. The second kappa shape index (κ2) is 6.14. The van der Waals surface area contributed by atoms with Gasteiger partial charge >= 0.3 is 5.97 Å². The number of hydrogen-bond acceptors (Lipinski definition) is 3.